The highest BCUT2D eigenvalue weighted by Crippen LogP contribution is 2.38. The van der Waals surface area contributed by atoms with E-state index in [1.165, 1.54) is 5.01 Å². The number of anilines is 1. The highest BCUT2D eigenvalue weighted by molar-refractivity contribution is 7.92. The molecule has 0 spiro atoms. The Morgan fingerprint density at radius 3 is 2.56 bits per heavy atom. The van der Waals surface area contributed by atoms with Crippen molar-refractivity contribution in [3.05, 3.63) is 59.7 Å². The summed E-state index contributed by atoms with van der Waals surface area (Å²) in [5.41, 5.74) is 2.19. The van der Waals surface area contributed by atoms with Crippen molar-refractivity contribution in [1.82, 2.24) is 5.01 Å². The number of rotatable bonds is 5. The first-order valence-electron chi connectivity index (χ1n) is 8.54. The average molecular weight is 387 g/mol. The summed E-state index contributed by atoms with van der Waals surface area (Å²) >= 11 is 0. The van der Waals surface area contributed by atoms with Crippen LogP contribution in [-0.2, 0) is 14.8 Å². The fourth-order valence-electron chi connectivity index (χ4n) is 3.10. The Labute approximate surface area is 158 Å². The van der Waals surface area contributed by atoms with Crippen molar-refractivity contribution < 1.29 is 18.3 Å². The largest absolute Gasteiger partial charge is 0.508 e. The van der Waals surface area contributed by atoms with Crippen LogP contribution in [0.25, 0.3) is 0 Å². The summed E-state index contributed by atoms with van der Waals surface area (Å²) in [5.74, 6) is -0.0813. The van der Waals surface area contributed by atoms with Gasteiger partial charge in [-0.25, -0.2) is 13.4 Å². The third-order valence-electron chi connectivity index (χ3n) is 4.30. The van der Waals surface area contributed by atoms with E-state index in [0.717, 1.165) is 6.26 Å². The molecule has 0 saturated carbocycles. The zero-order chi connectivity index (χ0) is 19.6. The van der Waals surface area contributed by atoms with Crippen LogP contribution in [0.4, 0.5) is 5.69 Å². The molecule has 8 heteroatoms. The second-order valence-corrected chi connectivity index (χ2v) is 8.09. The number of nitrogens with one attached hydrogen (secondary N) is 1. The van der Waals surface area contributed by atoms with Crippen LogP contribution in [-0.4, -0.2) is 36.4 Å². The topological polar surface area (TPSA) is 99.1 Å². The number of carbonyl (C=O) groups excluding carboxylic acids is 1. The normalized spacial score (nSPS) is 16.9. The zero-order valence-electron chi connectivity index (χ0n) is 15.1. The first kappa shape index (κ1) is 18.9. The molecule has 0 saturated heterocycles. The van der Waals surface area contributed by atoms with Crippen molar-refractivity contribution in [2.24, 2.45) is 5.10 Å². The molecule has 1 aliphatic heterocycles. The van der Waals surface area contributed by atoms with Gasteiger partial charge in [-0.15, -0.1) is 0 Å². The molecule has 0 aromatic heterocycles. The predicted octanol–water partition coefficient (Wildman–Crippen LogP) is 2.85. The van der Waals surface area contributed by atoms with E-state index < -0.39 is 16.1 Å². The maximum Gasteiger partial charge on any atom is 0.242 e. The molecule has 0 unspecified atom stereocenters. The van der Waals surface area contributed by atoms with Crippen LogP contribution < -0.4 is 4.72 Å². The van der Waals surface area contributed by atoms with Crippen LogP contribution in [0, 0.1) is 0 Å². The molecule has 1 heterocycles. The van der Waals surface area contributed by atoms with E-state index in [-0.39, 0.29) is 18.1 Å². The minimum atomic E-state index is -3.46. The van der Waals surface area contributed by atoms with Crippen molar-refractivity contribution in [3.8, 4) is 5.75 Å². The first-order chi connectivity index (χ1) is 12.8. The lowest BCUT2D eigenvalue weighted by molar-refractivity contribution is -0.132. The van der Waals surface area contributed by atoms with Gasteiger partial charge in [0.25, 0.3) is 0 Å². The molecule has 0 aliphatic carbocycles. The minimum Gasteiger partial charge on any atom is -0.508 e. The first-order valence-corrected chi connectivity index (χ1v) is 10.4. The van der Waals surface area contributed by atoms with Crippen molar-refractivity contribution in [1.29, 1.82) is 0 Å². The van der Waals surface area contributed by atoms with Crippen molar-refractivity contribution >= 4 is 27.3 Å². The van der Waals surface area contributed by atoms with Gasteiger partial charge in [0.05, 0.1) is 23.7 Å². The molecule has 2 N–H and O–H groups in total. The summed E-state index contributed by atoms with van der Waals surface area (Å²) in [6, 6.07) is 13.3. The quantitative estimate of drug-likeness (QED) is 0.824. The molecular formula is C19H21N3O4S. The Morgan fingerprint density at radius 1 is 1.22 bits per heavy atom. The molecule has 1 aliphatic rings. The molecule has 1 atom stereocenters. The number of sulfonamides is 1. The van der Waals surface area contributed by atoms with E-state index in [4.69, 9.17) is 0 Å². The molecule has 1 amide bonds. The summed E-state index contributed by atoms with van der Waals surface area (Å²) in [5, 5.41) is 16.1. The van der Waals surface area contributed by atoms with Gasteiger partial charge in [-0.05, 0) is 12.1 Å². The number of carbonyl (C=O) groups is 1. The summed E-state index contributed by atoms with van der Waals surface area (Å²) < 4.78 is 25.8. The number of hydrogen-bond donors (Lipinski definition) is 2. The van der Waals surface area contributed by atoms with Crippen molar-refractivity contribution in [3.63, 3.8) is 0 Å². The van der Waals surface area contributed by atoms with Crippen LogP contribution in [0.5, 0.6) is 5.75 Å². The van der Waals surface area contributed by atoms with Gasteiger partial charge in [0.15, 0.2) is 0 Å². The summed E-state index contributed by atoms with van der Waals surface area (Å²) in [6.45, 7) is 1.75. The molecule has 0 bridgehead atoms. The predicted molar refractivity (Wildman–Crippen MR) is 104 cm³/mol. The molecular weight excluding hydrogens is 366 g/mol. The minimum absolute atomic E-state index is 0.0930. The molecule has 3 rings (SSSR count). The lowest BCUT2D eigenvalue weighted by atomic mass is 9.97. The SMILES string of the molecule is CCC(=O)N1N=C(c2ccccc2NS(C)(=O)=O)C[C@@H]1c1ccccc1O. The highest BCUT2D eigenvalue weighted by atomic mass is 32.2. The Morgan fingerprint density at radius 2 is 1.89 bits per heavy atom. The van der Waals surface area contributed by atoms with Crippen LogP contribution in [0.2, 0.25) is 0 Å². The Balaban J connectivity index is 2.03. The number of phenols is 1. The molecule has 2 aromatic rings. The van der Waals surface area contributed by atoms with E-state index in [1.807, 2.05) is 0 Å². The second kappa shape index (κ2) is 7.40. The fourth-order valence-corrected chi connectivity index (χ4v) is 3.68. The van der Waals surface area contributed by atoms with Gasteiger partial charge in [-0.1, -0.05) is 43.3 Å². The van der Waals surface area contributed by atoms with Crippen LogP contribution in [0.15, 0.2) is 53.6 Å². The number of hydrogen-bond acceptors (Lipinski definition) is 5. The standard InChI is InChI=1S/C19H21N3O4S/c1-3-19(24)22-17(14-9-5-7-11-18(14)23)12-16(20-22)13-8-4-6-10-15(13)21-27(2,25)26/h4-11,17,21,23H,3,12H2,1-2H3/t17-/m1/s1. The van der Waals surface area contributed by atoms with Gasteiger partial charge in [-0.3, -0.25) is 9.52 Å². The summed E-state index contributed by atoms with van der Waals surface area (Å²) in [4.78, 5) is 12.4. The second-order valence-electron chi connectivity index (χ2n) is 6.34. The van der Waals surface area contributed by atoms with E-state index >= 15 is 0 Å². The van der Waals surface area contributed by atoms with Crippen LogP contribution in [0.3, 0.4) is 0 Å². The molecule has 7 nitrogen and oxygen atoms in total. The van der Waals surface area contributed by atoms with E-state index in [9.17, 15) is 18.3 Å². The molecule has 2 aromatic carbocycles. The number of aromatic hydroxyl groups is 1. The Hall–Kier alpha value is -2.87. The van der Waals surface area contributed by atoms with Gasteiger partial charge in [0.1, 0.15) is 5.75 Å². The average Bonchev–Trinajstić information content (AvgIpc) is 3.05. The van der Waals surface area contributed by atoms with Gasteiger partial charge in [-0.2, -0.15) is 5.10 Å². The molecule has 27 heavy (non-hydrogen) atoms. The lowest BCUT2D eigenvalue weighted by Crippen LogP contribution is -2.26. The van der Waals surface area contributed by atoms with Crippen LogP contribution in [0.1, 0.15) is 36.9 Å². The number of amides is 1. The van der Waals surface area contributed by atoms with E-state index in [1.54, 1.807) is 55.5 Å². The summed E-state index contributed by atoms with van der Waals surface area (Å²) in [6.07, 6.45) is 1.72. The van der Waals surface area contributed by atoms with E-state index in [0.29, 0.717) is 28.9 Å². The Bertz CT molecular complexity index is 1000. The zero-order valence-corrected chi connectivity index (χ0v) is 15.9. The van der Waals surface area contributed by atoms with Gasteiger partial charge >= 0.3 is 0 Å². The maximum absolute atomic E-state index is 12.4. The molecule has 0 radical (unpaired) electrons. The molecule has 0 fully saturated rings. The number of phenolic OH excluding ortho intramolecular Hbond substituents is 1. The number of benzene rings is 2. The van der Waals surface area contributed by atoms with Gasteiger partial charge in [0.2, 0.25) is 15.9 Å². The van der Waals surface area contributed by atoms with Gasteiger partial charge in [0, 0.05) is 24.0 Å². The molecule has 142 valence electrons. The number of hydrazone groups is 1. The van der Waals surface area contributed by atoms with Crippen LogP contribution >= 0.6 is 0 Å². The third kappa shape index (κ3) is 4.11. The maximum atomic E-state index is 12.4. The van der Waals surface area contributed by atoms with Crippen molar-refractivity contribution in [2.75, 3.05) is 11.0 Å². The highest BCUT2D eigenvalue weighted by Gasteiger charge is 2.34. The monoisotopic (exact) mass is 387 g/mol. The Kier molecular flexibility index (Phi) is 5.18. The summed E-state index contributed by atoms with van der Waals surface area (Å²) in [7, 11) is -3.46. The van der Waals surface area contributed by atoms with Crippen molar-refractivity contribution in [2.45, 2.75) is 25.8 Å². The number of para-hydroxylation sites is 2. The third-order valence-corrected chi connectivity index (χ3v) is 4.89. The smallest absolute Gasteiger partial charge is 0.242 e. The van der Waals surface area contributed by atoms with Gasteiger partial charge < -0.3 is 5.11 Å². The van der Waals surface area contributed by atoms with E-state index in [2.05, 4.69) is 9.82 Å². The fraction of sp³-hybridized carbons (Fsp3) is 0.263. The lowest BCUT2D eigenvalue weighted by Gasteiger charge is -2.22. The number of nitrogens with zero attached hydrogens (tertiary/aromatic N) is 2.